The van der Waals surface area contributed by atoms with Crippen molar-refractivity contribution >= 4 is 40.8 Å². The molecule has 2 aromatic carbocycles. The summed E-state index contributed by atoms with van der Waals surface area (Å²) in [6, 6.07) is 15.5. The van der Waals surface area contributed by atoms with Crippen LogP contribution in [0.4, 0.5) is 11.5 Å². The lowest BCUT2D eigenvalue weighted by Crippen LogP contribution is -2.08. The van der Waals surface area contributed by atoms with Gasteiger partial charge in [0.2, 0.25) is 0 Å². The fraction of sp³-hybridized carbons (Fsp3) is 0.105. The van der Waals surface area contributed by atoms with Crippen LogP contribution in [-0.2, 0) is 0 Å². The molecule has 0 saturated heterocycles. The zero-order valence-corrected chi connectivity index (χ0v) is 15.8. The minimum absolute atomic E-state index is 0.432. The fourth-order valence-electron chi connectivity index (χ4n) is 2.20. The van der Waals surface area contributed by atoms with Gasteiger partial charge in [-0.15, -0.1) is 0 Å². The molecule has 0 bridgehead atoms. The lowest BCUT2D eigenvalue weighted by molar-refractivity contribution is 0.0735. The summed E-state index contributed by atoms with van der Waals surface area (Å²) in [4.78, 5) is 20.8. The number of hydrogen-bond acceptors (Lipinski definition) is 6. The van der Waals surface area contributed by atoms with E-state index in [0.29, 0.717) is 27.3 Å². The maximum atomic E-state index is 12.1. The van der Waals surface area contributed by atoms with Gasteiger partial charge in [-0.25, -0.2) is 14.8 Å². The first-order valence-electron chi connectivity index (χ1n) is 7.78. The molecule has 7 heteroatoms. The molecule has 0 aliphatic heterocycles. The molecule has 132 valence electrons. The highest BCUT2D eigenvalue weighted by Crippen LogP contribution is 2.22. The molecule has 1 N–H and O–H groups in total. The summed E-state index contributed by atoms with van der Waals surface area (Å²) in [7, 11) is 0. The largest absolute Gasteiger partial charge is 0.423 e. The predicted molar refractivity (Wildman–Crippen MR) is 105 cm³/mol. The van der Waals surface area contributed by atoms with Crippen LogP contribution in [0.25, 0.3) is 0 Å². The number of nitrogens with one attached hydrogen (secondary N) is 1. The van der Waals surface area contributed by atoms with E-state index in [2.05, 4.69) is 15.3 Å². The van der Waals surface area contributed by atoms with E-state index in [1.807, 2.05) is 31.4 Å². The van der Waals surface area contributed by atoms with Crippen molar-refractivity contribution in [1.29, 1.82) is 0 Å². The number of carbonyl (C=O) groups is 1. The monoisotopic (exact) mass is 385 g/mol. The third kappa shape index (κ3) is 4.74. The second kappa shape index (κ2) is 8.21. The Hall–Kier alpha value is -2.57. The zero-order valence-electron chi connectivity index (χ0n) is 14.2. The molecule has 5 nitrogen and oxygen atoms in total. The van der Waals surface area contributed by atoms with Crippen LogP contribution in [0.1, 0.15) is 16.1 Å². The van der Waals surface area contributed by atoms with Crippen molar-refractivity contribution in [2.75, 3.05) is 11.6 Å². The number of thioether (sulfide) groups is 1. The average Bonchev–Trinajstić information content (AvgIpc) is 2.63. The molecule has 3 aromatic rings. The van der Waals surface area contributed by atoms with E-state index in [1.165, 1.54) is 11.8 Å². The number of anilines is 2. The lowest BCUT2D eigenvalue weighted by Gasteiger charge is -2.09. The van der Waals surface area contributed by atoms with Gasteiger partial charge in [0.25, 0.3) is 0 Å². The maximum Gasteiger partial charge on any atom is 0.343 e. The van der Waals surface area contributed by atoms with Crippen molar-refractivity contribution in [2.45, 2.75) is 12.1 Å². The van der Waals surface area contributed by atoms with Crippen molar-refractivity contribution in [2.24, 2.45) is 0 Å². The first kappa shape index (κ1) is 18.2. The molecule has 0 amide bonds. The number of esters is 1. The van der Waals surface area contributed by atoms with Gasteiger partial charge >= 0.3 is 5.97 Å². The fourth-order valence-corrected chi connectivity index (χ4v) is 2.75. The standard InChI is InChI=1S/C19H16ClN3O2S/c1-12-11-17(23-19(21-12)26-2)22-15-7-9-16(10-8-15)25-18(24)13-3-5-14(20)6-4-13/h3-11H,1-2H3,(H,21,22,23). The van der Waals surface area contributed by atoms with Crippen molar-refractivity contribution < 1.29 is 9.53 Å². The van der Waals surface area contributed by atoms with Crippen LogP contribution in [0.15, 0.2) is 59.8 Å². The van der Waals surface area contributed by atoms with Crippen molar-refractivity contribution in [3.8, 4) is 5.75 Å². The van der Waals surface area contributed by atoms with Gasteiger partial charge in [0.05, 0.1) is 5.56 Å². The Bertz CT molecular complexity index is 915. The van der Waals surface area contributed by atoms with E-state index in [9.17, 15) is 4.79 Å². The number of nitrogens with zero attached hydrogens (tertiary/aromatic N) is 2. The van der Waals surface area contributed by atoms with Crippen LogP contribution in [0.5, 0.6) is 5.75 Å². The van der Waals surface area contributed by atoms with Gasteiger partial charge in [0, 0.05) is 22.5 Å². The second-order valence-corrected chi connectivity index (χ2v) is 6.64. The number of aryl methyl sites for hydroxylation is 1. The third-order valence-electron chi connectivity index (χ3n) is 3.43. The number of aromatic nitrogens is 2. The van der Waals surface area contributed by atoms with Crippen LogP contribution >= 0.6 is 23.4 Å². The van der Waals surface area contributed by atoms with Crippen LogP contribution in [0, 0.1) is 6.92 Å². The summed E-state index contributed by atoms with van der Waals surface area (Å²) in [6.07, 6.45) is 1.93. The summed E-state index contributed by atoms with van der Waals surface area (Å²) in [5.74, 6) is 0.741. The number of halogens is 1. The number of hydrogen-bond donors (Lipinski definition) is 1. The Labute approximate surface area is 160 Å². The van der Waals surface area contributed by atoms with Crippen molar-refractivity contribution in [3.63, 3.8) is 0 Å². The molecule has 0 aliphatic carbocycles. The van der Waals surface area contributed by atoms with E-state index < -0.39 is 5.97 Å². The summed E-state index contributed by atoms with van der Waals surface area (Å²) in [6.45, 7) is 1.92. The Kier molecular flexibility index (Phi) is 5.75. The Morgan fingerprint density at radius 1 is 1.08 bits per heavy atom. The van der Waals surface area contributed by atoms with Gasteiger partial charge in [-0.1, -0.05) is 23.4 Å². The van der Waals surface area contributed by atoms with E-state index in [-0.39, 0.29) is 0 Å². The number of ether oxygens (including phenoxy) is 1. The molecular formula is C19H16ClN3O2S. The van der Waals surface area contributed by atoms with Gasteiger partial charge in [0.15, 0.2) is 5.16 Å². The first-order valence-corrected chi connectivity index (χ1v) is 9.38. The summed E-state index contributed by atoms with van der Waals surface area (Å²) in [5, 5.41) is 4.50. The molecule has 1 heterocycles. The van der Waals surface area contributed by atoms with Gasteiger partial charge < -0.3 is 10.1 Å². The lowest BCUT2D eigenvalue weighted by atomic mass is 10.2. The van der Waals surface area contributed by atoms with Crippen LogP contribution in [0.3, 0.4) is 0 Å². The summed E-state index contributed by atoms with van der Waals surface area (Å²) in [5.41, 5.74) is 2.17. The minimum atomic E-state index is -0.432. The van der Waals surface area contributed by atoms with E-state index in [0.717, 1.165) is 11.4 Å². The number of carbonyl (C=O) groups excluding carboxylic acids is 1. The third-order valence-corrected chi connectivity index (χ3v) is 4.23. The molecule has 0 radical (unpaired) electrons. The number of benzene rings is 2. The smallest absolute Gasteiger partial charge is 0.343 e. The average molecular weight is 386 g/mol. The quantitative estimate of drug-likeness (QED) is 0.284. The van der Waals surface area contributed by atoms with E-state index in [1.54, 1.807) is 36.4 Å². The van der Waals surface area contributed by atoms with Crippen molar-refractivity contribution in [3.05, 3.63) is 70.9 Å². The molecule has 0 spiro atoms. The predicted octanol–water partition coefficient (Wildman–Crippen LogP) is 5.12. The molecule has 26 heavy (non-hydrogen) atoms. The molecule has 0 unspecified atom stereocenters. The highest BCUT2D eigenvalue weighted by Gasteiger charge is 2.08. The molecule has 3 rings (SSSR count). The van der Waals surface area contributed by atoms with Gasteiger partial charge in [0.1, 0.15) is 11.6 Å². The molecule has 0 saturated carbocycles. The molecule has 1 aromatic heterocycles. The van der Waals surface area contributed by atoms with Crippen LogP contribution in [-0.4, -0.2) is 22.2 Å². The van der Waals surface area contributed by atoms with Crippen LogP contribution < -0.4 is 10.1 Å². The van der Waals surface area contributed by atoms with Gasteiger partial charge in [-0.3, -0.25) is 0 Å². The molecular weight excluding hydrogens is 370 g/mol. The van der Waals surface area contributed by atoms with E-state index in [4.69, 9.17) is 16.3 Å². The summed E-state index contributed by atoms with van der Waals surface area (Å²) >= 11 is 7.31. The molecule has 0 fully saturated rings. The highest BCUT2D eigenvalue weighted by atomic mass is 35.5. The SMILES string of the molecule is CSc1nc(C)cc(Nc2ccc(OC(=O)c3ccc(Cl)cc3)cc2)n1. The Morgan fingerprint density at radius 3 is 2.42 bits per heavy atom. The maximum absolute atomic E-state index is 12.1. The Balaban J connectivity index is 1.67. The summed E-state index contributed by atoms with van der Waals surface area (Å²) < 4.78 is 5.36. The first-order chi connectivity index (χ1) is 12.5. The molecule has 0 atom stereocenters. The topological polar surface area (TPSA) is 64.1 Å². The molecule has 0 aliphatic rings. The zero-order chi connectivity index (χ0) is 18.5. The second-order valence-electron chi connectivity index (χ2n) is 5.43. The highest BCUT2D eigenvalue weighted by molar-refractivity contribution is 7.98. The minimum Gasteiger partial charge on any atom is -0.423 e. The normalized spacial score (nSPS) is 10.4. The van der Waals surface area contributed by atoms with Crippen LogP contribution in [0.2, 0.25) is 5.02 Å². The van der Waals surface area contributed by atoms with Crippen molar-refractivity contribution in [1.82, 2.24) is 9.97 Å². The van der Waals surface area contributed by atoms with E-state index >= 15 is 0 Å². The Morgan fingerprint density at radius 2 is 1.77 bits per heavy atom. The van der Waals surface area contributed by atoms with Gasteiger partial charge in [-0.2, -0.15) is 0 Å². The number of rotatable bonds is 5. The van der Waals surface area contributed by atoms with Gasteiger partial charge in [-0.05, 0) is 61.7 Å².